The van der Waals surface area contributed by atoms with Gasteiger partial charge in [-0.3, -0.25) is 4.79 Å². The first-order valence-electron chi connectivity index (χ1n) is 7.69. The number of nitrogens with one attached hydrogen (secondary N) is 1. The van der Waals surface area contributed by atoms with Gasteiger partial charge in [0.2, 0.25) is 5.91 Å². The summed E-state index contributed by atoms with van der Waals surface area (Å²) < 4.78 is 40.1. The minimum absolute atomic E-state index is 0.0829. The first-order chi connectivity index (χ1) is 12.3. The van der Waals surface area contributed by atoms with Crippen LogP contribution in [-0.2, 0) is 24.6 Å². The third kappa shape index (κ3) is 3.44. The Morgan fingerprint density at radius 3 is 2.54 bits per heavy atom. The molecule has 0 spiro atoms. The van der Waals surface area contributed by atoms with Gasteiger partial charge >= 0.3 is 6.18 Å². The molecule has 0 saturated carbocycles. The van der Waals surface area contributed by atoms with E-state index in [1.165, 1.54) is 12.1 Å². The molecule has 0 unspecified atom stereocenters. The number of rotatable bonds is 4. The molecule has 0 aliphatic rings. The number of aromatic nitrogens is 3. The molecule has 0 radical (unpaired) electrons. The van der Waals surface area contributed by atoms with Gasteiger partial charge in [-0.25, -0.2) is 9.97 Å². The Labute approximate surface area is 147 Å². The van der Waals surface area contributed by atoms with Crippen molar-refractivity contribution in [2.24, 2.45) is 7.05 Å². The predicted molar refractivity (Wildman–Crippen MR) is 91.0 cm³/mol. The number of carbonyl (C=O) groups excluding carboxylic acids is 1. The van der Waals surface area contributed by atoms with Crippen LogP contribution in [0.15, 0.2) is 49.2 Å². The van der Waals surface area contributed by atoms with Crippen molar-refractivity contribution in [2.45, 2.75) is 12.7 Å². The van der Waals surface area contributed by atoms with Crippen molar-refractivity contribution in [3.8, 4) is 11.3 Å². The summed E-state index contributed by atoms with van der Waals surface area (Å²) in [6.45, 7) is 3.46. The lowest BCUT2D eigenvalue weighted by molar-refractivity contribution is -0.137. The van der Waals surface area contributed by atoms with E-state index in [9.17, 15) is 18.0 Å². The number of benzene rings is 1. The van der Waals surface area contributed by atoms with Crippen LogP contribution in [-0.4, -0.2) is 20.4 Å². The summed E-state index contributed by atoms with van der Waals surface area (Å²) in [5.41, 5.74) is 0.941. The quantitative estimate of drug-likeness (QED) is 0.725. The van der Waals surface area contributed by atoms with Gasteiger partial charge in [-0.2, -0.15) is 13.2 Å². The Hall–Kier alpha value is -3.16. The van der Waals surface area contributed by atoms with Crippen LogP contribution in [0.5, 0.6) is 0 Å². The lowest BCUT2D eigenvalue weighted by atomic mass is 10.1. The van der Waals surface area contributed by atoms with Gasteiger partial charge in [0.05, 0.1) is 17.8 Å². The fourth-order valence-electron chi connectivity index (χ4n) is 2.54. The van der Waals surface area contributed by atoms with Gasteiger partial charge in [0, 0.05) is 24.2 Å². The highest BCUT2D eigenvalue weighted by molar-refractivity contribution is 5.91. The summed E-state index contributed by atoms with van der Waals surface area (Å²) in [4.78, 5) is 20.2. The number of alkyl halides is 3. The molecule has 26 heavy (non-hydrogen) atoms. The van der Waals surface area contributed by atoms with Crippen molar-refractivity contribution >= 4 is 16.9 Å². The monoisotopic (exact) mass is 360 g/mol. The van der Waals surface area contributed by atoms with Crippen molar-refractivity contribution < 1.29 is 18.0 Å². The minimum Gasteiger partial charge on any atom is -0.345 e. The van der Waals surface area contributed by atoms with E-state index < -0.39 is 11.7 Å². The molecular formula is C18H15F3N4O. The van der Waals surface area contributed by atoms with Crippen molar-refractivity contribution in [2.75, 3.05) is 0 Å². The average molecular weight is 360 g/mol. The molecule has 3 aromatic rings. The van der Waals surface area contributed by atoms with E-state index >= 15 is 0 Å². The fraction of sp³-hybridized carbons (Fsp3) is 0.167. The number of hydrogen-bond donors (Lipinski definition) is 1. The highest BCUT2D eigenvalue weighted by atomic mass is 19.4. The molecule has 134 valence electrons. The van der Waals surface area contributed by atoms with Crippen molar-refractivity contribution in [3.63, 3.8) is 0 Å². The van der Waals surface area contributed by atoms with Gasteiger partial charge in [0.1, 0.15) is 5.65 Å². The zero-order valence-electron chi connectivity index (χ0n) is 13.8. The molecule has 1 aromatic carbocycles. The van der Waals surface area contributed by atoms with Gasteiger partial charge in [-0.15, -0.1) is 0 Å². The van der Waals surface area contributed by atoms with Crippen LogP contribution in [0.4, 0.5) is 13.2 Å². The smallest absolute Gasteiger partial charge is 0.345 e. The van der Waals surface area contributed by atoms with Crippen molar-refractivity contribution in [1.82, 2.24) is 19.9 Å². The second-order valence-corrected chi connectivity index (χ2v) is 5.65. The van der Waals surface area contributed by atoms with Gasteiger partial charge in [0.25, 0.3) is 0 Å². The highest BCUT2D eigenvalue weighted by Gasteiger charge is 2.30. The molecule has 0 fully saturated rings. The molecule has 0 aliphatic carbocycles. The summed E-state index contributed by atoms with van der Waals surface area (Å²) in [7, 11) is 1.80. The lowest BCUT2D eigenvalue weighted by Crippen LogP contribution is -2.21. The summed E-state index contributed by atoms with van der Waals surface area (Å²) in [6, 6.07) is 6.60. The van der Waals surface area contributed by atoms with Crippen LogP contribution in [0.1, 0.15) is 11.4 Å². The second-order valence-electron chi connectivity index (χ2n) is 5.65. The first kappa shape index (κ1) is 17.7. The molecule has 2 aromatic heterocycles. The van der Waals surface area contributed by atoms with Crippen molar-refractivity contribution in [3.05, 3.63) is 60.6 Å². The standard InChI is InChI=1S/C18H15F3N4O/c1-3-15(26)22-10-14-23-16(13-8-9-25(2)17(13)24-14)11-4-6-12(7-5-11)18(19,20)21/h3-9H,1,10H2,2H3,(H,22,26). The van der Waals surface area contributed by atoms with Gasteiger partial charge in [-0.05, 0) is 24.3 Å². The van der Waals surface area contributed by atoms with Crippen LogP contribution in [0.3, 0.4) is 0 Å². The molecule has 0 bridgehead atoms. The first-order valence-corrected chi connectivity index (χ1v) is 7.69. The molecule has 3 rings (SSSR count). The maximum Gasteiger partial charge on any atom is 0.416 e. The molecule has 2 heterocycles. The molecule has 1 N–H and O–H groups in total. The SMILES string of the molecule is C=CC(=O)NCc1nc(-c2ccc(C(F)(F)F)cc2)c2ccn(C)c2n1. The van der Waals surface area contributed by atoms with E-state index in [1.807, 2.05) is 0 Å². The topological polar surface area (TPSA) is 59.8 Å². The Kier molecular flexibility index (Phi) is 4.50. The maximum absolute atomic E-state index is 12.8. The second kappa shape index (κ2) is 6.62. The minimum atomic E-state index is -4.40. The van der Waals surface area contributed by atoms with E-state index in [-0.39, 0.29) is 12.5 Å². The summed E-state index contributed by atoms with van der Waals surface area (Å²) in [6.07, 6.45) is -1.47. The van der Waals surface area contributed by atoms with E-state index in [1.54, 1.807) is 23.9 Å². The van der Waals surface area contributed by atoms with Gasteiger partial charge in [-0.1, -0.05) is 18.7 Å². The summed E-state index contributed by atoms with van der Waals surface area (Å²) >= 11 is 0. The van der Waals surface area contributed by atoms with E-state index in [0.717, 1.165) is 18.2 Å². The molecule has 0 atom stereocenters. The molecular weight excluding hydrogens is 345 g/mol. The summed E-state index contributed by atoms with van der Waals surface area (Å²) in [5, 5.41) is 3.31. The molecule has 0 aliphatic heterocycles. The average Bonchev–Trinajstić information content (AvgIpc) is 2.99. The zero-order valence-corrected chi connectivity index (χ0v) is 13.8. The number of hydrogen-bond acceptors (Lipinski definition) is 3. The molecule has 1 amide bonds. The highest BCUT2D eigenvalue weighted by Crippen LogP contribution is 2.32. The largest absolute Gasteiger partial charge is 0.416 e. The van der Waals surface area contributed by atoms with E-state index in [4.69, 9.17) is 0 Å². The number of nitrogens with zero attached hydrogens (tertiary/aromatic N) is 3. The third-order valence-corrected chi connectivity index (χ3v) is 3.86. The predicted octanol–water partition coefficient (Wildman–Crippen LogP) is 3.46. The number of amides is 1. The van der Waals surface area contributed by atoms with Gasteiger partial charge < -0.3 is 9.88 Å². The zero-order chi connectivity index (χ0) is 18.9. The summed E-state index contributed by atoms with van der Waals surface area (Å²) in [5.74, 6) is -0.0129. The van der Waals surface area contributed by atoms with Crippen LogP contribution in [0.25, 0.3) is 22.3 Å². The Balaban J connectivity index is 2.06. The Morgan fingerprint density at radius 2 is 1.92 bits per heavy atom. The van der Waals surface area contributed by atoms with E-state index in [2.05, 4.69) is 21.9 Å². The maximum atomic E-state index is 12.8. The van der Waals surface area contributed by atoms with Crippen LogP contribution in [0, 0.1) is 0 Å². The Bertz CT molecular complexity index is 975. The Morgan fingerprint density at radius 1 is 1.23 bits per heavy atom. The normalized spacial score (nSPS) is 11.5. The fourth-order valence-corrected chi connectivity index (χ4v) is 2.54. The van der Waals surface area contributed by atoms with Crippen LogP contribution >= 0.6 is 0 Å². The van der Waals surface area contributed by atoms with E-state index in [0.29, 0.717) is 28.1 Å². The van der Waals surface area contributed by atoms with Crippen LogP contribution < -0.4 is 5.32 Å². The lowest BCUT2D eigenvalue weighted by Gasteiger charge is -2.10. The number of fused-ring (bicyclic) bond motifs is 1. The van der Waals surface area contributed by atoms with Crippen molar-refractivity contribution in [1.29, 1.82) is 0 Å². The molecule has 8 heteroatoms. The number of aryl methyl sites for hydroxylation is 1. The van der Waals surface area contributed by atoms with Crippen LogP contribution in [0.2, 0.25) is 0 Å². The van der Waals surface area contributed by atoms with Gasteiger partial charge in [0.15, 0.2) is 5.82 Å². The number of carbonyl (C=O) groups is 1. The third-order valence-electron chi connectivity index (χ3n) is 3.86. The molecule has 0 saturated heterocycles. The number of halogens is 3. The molecule has 5 nitrogen and oxygen atoms in total.